The van der Waals surface area contributed by atoms with Gasteiger partial charge in [0, 0.05) is 12.1 Å². The first-order valence-electron chi connectivity index (χ1n) is 5.73. The molecule has 0 fully saturated rings. The van der Waals surface area contributed by atoms with Crippen LogP contribution < -0.4 is 5.32 Å². The van der Waals surface area contributed by atoms with E-state index < -0.39 is 0 Å². The van der Waals surface area contributed by atoms with E-state index >= 15 is 0 Å². The van der Waals surface area contributed by atoms with Gasteiger partial charge in [-0.05, 0) is 18.4 Å². The fourth-order valence-corrected chi connectivity index (χ4v) is 1.72. The van der Waals surface area contributed by atoms with Crippen LogP contribution in [0.4, 0.5) is 0 Å². The minimum Gasteiger partial charge on any atom is -0.395 e. The molecule has 1 aromatic rings. The monoisotopic (exact) mass is 207 g/mol. The first kappa shape index (κ1) is 12.2. The standard InChI is InChI=1S/C13H21NO/c1-3-12(10-15)14-13(4-2)11-8-6-5-7-9-11/h5-9,12-15H,3-4,10H2,1-2H3/t12-,13-/m0/s1. The number of hydrogen-bond donors (Lipinski definition) is 2. The van der Waals surface area contributed by atoms with Gasteiger partial charge in [0.05, 0.1) is 6.61 Å². The molecule has 0 bridgehead atoms. The lowest BCUT2D eigenvalue weighted by Crippen LogP contribution is -2.34. The number of aliphatic hydroxyl groups excluding tert-OH is 1. The van der Waals surface area contributed by atoms with Crippen LogP contribution in [0.15, 0.2) is 30.3 Å². The van der Waals surface area contributed by atoms with Crippen molar-refractivity contribution in [3.05, 3.63) is 35.9 Å². The van der Waals surface area contributed by atoms with Gasteiger partial charge >= 0.3 is 0 Å². The van der Waals surface area contributed by atoms with Crippen LogP contribution in [0.3, 0.4) is 0 Å². The summed E-state index contributed by atoms with van der Waals surface area (Å²) >= 11 is 0. The Morgan fingerprint density at radius 1 is 1.13 bits per heavy atom. The van der Waals surface area contributed by atoms with Gasteiger partial charge in [0.15, 0.2) is 0 Å². The zero-order valence-electron chi connectivity index (χ0n) is 9.61. The van der Waals surface area contributed by atoms with Crippen LogP contribution >= 0.6 is 0 Å². The smallest absolute Gasteiger partial charge is 0.0584 e. The van der Waals surface area contributed by atoms with Gasteiger partial charge in [0.1, 0.15) is 0 Å². The van der Waals surface area contributed by atoms with E-state index in [-0.39, 0.29) is 12.6 Å². The molecule has 0 aliphatic heterocycles. The summed E-state index contributed by atoms with van der Waals surface area (Å²) in [5.41, 5.74) is 1.30. The molecule has 0 aliphatic carbocycles. The third-order valence-electron chi connectivity index (χ3n) is 2.76. The minimum absolute atomic E-state index is 0.204. The van der Waals surface area contributed by atoms with E-state index in [1.807, 2.05) is 6.07 Å². The Balaban J connectivity index is 2.64. The largest absolute Gasteiger partial charge is 0.395 e. The van der Waals surface area contributed by atoms with Crippen LogP contribution in [0, 0.1) is 0 Å². The lowest BCUT2D eigenvalue weighted by Gasteiger charge is -2.23. The van der Waals surface area contributed by atoms with E-state index in [9.17, 15) is 0 Å². The topological polar surface area (TPSA) is 32.3 Å². The molecule has 2 atom stereocenters. The molecular formula is C13H21NO. The first-order valence-corrected chi connectivity index (χ1v) is 5.73. The molecule has 0 radical (unpaired) electrons. The number of rotatable bonds is 6. The van der Waals surface area contributed by atoms with E-state index in [0.29, 0.717) is 6.04 Å². The van der Waals surface area contributed by atoms with Crippen LogP contribution in [0.25, 0.3) is 0 Å². The summed E-state index contributed by atoms with van der Waals surface area (Å²) in [5, 5.41) is 12.6. The first-order chi connectivity index (χ1) is 7.31. The van der Waals surface area contributed by atoms with E-state index in [2.05, 4.69) is 43.4 Å². The molecular weight excluding hydrogens is 186 g/mol. The van der Waals surface area contributed by atoms with Crippen LogP contribution in [0.2, 0.25) is 0 Å². The van der Waals surface area contributed by atoms with Gasteiger partial charge in [-0.2, -0.15) is 0 Å². The number of benzene rings is 1. The van der Waals surface area contributed by atoms with Gasteiger partial charge in [-0.15, -0.1) is 0 Å². The molecule has 0 saturated carbocycles. The van der Waals surface area contributed by atoms with Crippen molar-refractivity contribution in [1.82, 2.24) is 5.32 Å². The molecule has 0 aliphatic rings. The molecule has 15 heavy (non-hydrogen) atoms. The van der Waals surface area contributed by atoms with Gasteiger partial charge in [0.25, 0.3) is 0 Å². The molecule has 0 heterocycles. The third-order valence-corrected chi connectivity index (χ3v) is 2.76. The molecule has 2 N–H and O–H groups in total. The van der Waals surface area contributed by atoms with Gasteiger partial charge in [-0.1, -0.05) is 44.2 Å². The van der Waals surface area contributed by atoms with Crippen molar-refractivity contribution in [3.63, 3.8) is 0 Å². The maximum absolute atomic E-state index is 9.15. The zero-order chi connectivity index (χ0) is 11.1. The summed E-state index contributed by atoms with van der Waals surface area (Å²) in [7, 11) is 0. The lowest BCUT2D eigenvalue weighted by molar-refractivity contribution is 0.226. The molecule has 0 spiro atoms. The maximum Gasteiger partial charge on any atom is 0.0584 e. The highest BCUT2D eigenvalue weighted by Crippen LogP contribution is 2.16. The Labute approximate surface area is 92.3 Å². The lowest BCUT2D eigenvalue weighted by atomic mass is 10.0. The molecule has 2 nitrogen and oxygen atoms in total. The zero-order valence-corrected chi connectivity index (χ0v) is 9.61. The summed E-state index contributed by atoms with van der Waals surface area (Å²) in [6.07, 6.45) is 2.00. The highest BCUT2D eigenvalue weighted by atomic mass is 16.3. The predicted octanol–water partition coefficient (Wildman–Crippen LogP) is 2.50. The summed E-state index contributed by atoms with van der Waals surface area (Å²) in [6.45, 7) is 4.46. The predicted molar refractivity (Wildman–Crippen MR) is 63.8 cm³/mol. The minimum atomic E-state index is 0.204. The van der Waals surface area contributed by atoms with E-state index in [0.717, 1.165) is 12.8 Å². The van der Waals surface area contributed by atoms with Gasteiger partial charge < -0.3 is 10.4 Å². The summed E-state index contributed by atoms with van der Waals surface area (Å²) in [6, 6.07) is 11.0. The van der Waals surface area contributed by atoms with Crippen molar-refractivity contribution in [1.29, 1.82) is 0 Å². The molecule has 2 heteroatoms. The van der Waals surface area contributed by atoms with Crippen LogP contribution in [0.1, 0.15) is 38.3 Å². The highest BCUT2D eigenvalue weighted by molar-refractivity contribution is 5.18. The van der Waals surface area contributed by atoms with E-state index in [4.69, 9.17) is 5.11 Å². The number of nitrogens with one attached hydrogen (secondary N) is 1. The molecule has 1 rings (SSSR count). The van der Waals surface area contributed by atoms with Gasteiger partial charge in [-0.3, -0.25) is 0 Å². The Morgan fingerprint density at radius 3 is 2.27 bits per heavy atom. The van der Waals surface area contributed by atoms with Crippen molar-refractivity contribution in [3.8, 4) is 0 Å². The SMILES string of the molecule is CC[C@@H](CO)N[C@@H](CC)c1ccccc1. The Morgan fingerprint density at radius 2 is 1.80 bits per heavy atom. The Bertz CT molecular complexity index is 256. The van der Waals surface area contributed by atoms with Crippen molar-refractivity contribution in [2.24, 2.45) is 0 Å². The van der Waals surface area contributed by atoms with E-state index in [1.165, 1.54) is 5.56 Å². The summed E-state index contributed by atoms with van der Waals surface area (Å²) in [4.78, 5) is 0. The molecule has 84 valence electrons. The second-order valence-corrected chi connectivity index (χ2v) is 3.83. The molecule has 0 saturated heterocycles. The average molecular weight is 207 g/mol. The maximum atomic E-state index is 9.15. The molecule has 1 aromatic carbocycles. The third kappa shape index (κ3) is 3.65. The molecule has 0 aromatic heterocycles. The van der Waals surface area contributed by atoms with Crippen LogP contribution in [0.5, 0.6) is 0 Å². The summed E-state index contributed by atoms with van der Waals surface area (Å²) in [5.74, 6) is 0. The van der Waals surface area contributed by atoms with Crippen LogP contribution in [-0.2, 0) is 0 Å². The number of aliphatic hydroxyl groups is 1. The number of hydrogen-bond acceptors (Lipinski definition) is 2. The quantitative estimate of drug-likeness (QED) is 0.751. The average Bonchev–Trinajstić information content (AvgIpc) is 2.32. The summed E-state index contributed by atoms with van der Waals surface area (Å²) < 4.78 is 0. The van der Waals surface area contributed by atoms with E-state index in [1.54, 1.807) is 0 Å². The normalized spacial score (nSPS) is 14.9. The molecule has 0 amide bonds. The van der Waals surface area contributed by atoms with Gasteiger partial charge in [0.2, 0.25) is 0 Å². The highest BCUT2D eigenvalue weighted by Gasteiger charge is 2.12. The molecule has 0 unspecified atom stereocenters. The van der Waals surface area contributed by atoms with Crippen molar-refractivity contribution in [2.45, 2.75) is 38.8 Å². The Kier molecular flexibility index (Phi) is 5.37. The Hall–Kier alpha value is -0.860. The van der Waals surface area contributed by atoms with Crippen molar-refractivity contribution >= 4 is 0 Å². The second-order valence-electron chi connectivity index (χ2n) is 3.83. The van der Waals surface area contributed by atoms with Gasteiger partial charge in [-0.25, -0.2) is 0 Å². The fraction of sp³-hybridized carbons (Fsp3) is 0.538. The fourth-order valence-electron chi connectivity index (χ4n) is 1.72. The van der Waals surface area contributed by atoms with Crippen molar-refractivity contribution in [2.75, 3.05) is 6.61 Å². The second kappa shape index (κ2) is 6.59. The van der Waals surface area contributed by atoms with Crippen molar-refractivity contribution < 1.29 is 5.11 Å². The van der Waals surface area contributed by atoms with Crippen LogP contribution in [-0.4, -0.2) is 17.8 Å².